The standard InChI is InChI=1S/C14H17Cl2NO/c1-9-6-7-17(12(9)8-15)14(18)11-5-3-4-10(2)13(11)16/h3-5,9,12H,6-8H2,1-2H3. The molecule has 1 heterocycles. The van der Waals surface area contributed by atoms with Gasteiger partial charge in [0.05, 0.1) is 10.6 Å². The highest BCUT2D eigenvalue weighted by molar-refractivity contribution is 6.34. The molecule has 1 amide bonds. The van der Waals surface area contributed by atoms with Crippen molar-refractivity contribution < 1.29 is 4.79 Å². The van der Waals surface area contributed by atoms with Gasteiger partial charge >= 0.3 is 0 Å². The molecule has 1 aliphatic heterocycles. The summed E-state index contributed by atoms with van der Waals surface area (Å²) in [7, 11) is 0. The maximum absolute atomic E-state index is 12.5. The average molecular weight is 286 g/mol. The highest BCUT2D eigenvalue weighted by Gasteiger charge is 2.34. The largest absolute Gasteiger partial charge is 0.334 e. The Bertz CT molecular complexity index is 461. The fraction of sp³-hybridized carbons (Fsp3) is 0.500. The van der Waals surface area contributed by atoms with Crippen LogP contribution in [0.15, 0.2) is 18.2 Å². The second-order valence-electron chi connectivity index (χ2n) is 4.92. The molecular formula is C14H17Cl2NO. The van der Waals surface area contributed by atoms with Crippen LogP contribution in [0.4, 0.5) is 0 Å². The predicted molar refractivity (Wildman–Crippen MR) is 75.5 cm³/mol. The zero-order valence-corrected chi connectivity index (χ0v) is 12.1. The lowest BCUT2D eigenvalue weighted by Crippen LogP contribution is -2.38. The Morgan fingerprint density at radius 2 is 2.22 bits per heavy atom. The topological polar surface area (TPSA) is 20.3 Å². The van der Waals surface area contributed by atoms with Crippen LogP contribution < -0.4 is 0 Å². The predicted octanol–water partition coefficient (Wildman–Crippen LogP) is 3.74. The monoisotopic (exact) mass is 285 g/mol. The Morgan fingerprint density at radius 1 is 1.50 bits per heavy atom. The summed E-state index contributed by atoms with van der Waals surface area (Å²) in [6.07, 6.45) is 1.01. The smallest absolute Gasteiger partial charge is 0.255 e. The van der Waals surface area contributed by atoms with Crippen LogP contribution in [0, 0.1) is 12.8 Å². The molecule has 0 aliphatic carbocycles. The summed E-state index contributed by atoms with van der Waals surface area (Å²) in [6.45, 7) is 4.81. The number of hydrogen-bond acceptors (Lipinski definition) is 1. The van der Waals surface area contributed by atoms with E-state index in [1.807, 2.05) is 24.0 Å². The van der Waals surface area contributed by atoms with Crippen LogP contribution >= 0.6 is 23.2 Å². The van der Waals surface area contributed by atoms with E-state index < -0.39 is 0 Å². The van der Waals surface area contributed by atoms with E-state index in [1.54, 1.807) is 6.07 Å². The van der Waals surface area contributed by atoms with E-state index in [0.717, 1.165) is 18.5 Å². The SMILES string of the molecule is Cc1cccc(C(=O)N2CCC(C)C2CCl)c1Cl. The van der Waals surface area contributed by atoms with Crippen molar-refractivity contribution in [2.75, 3.05) is 12.4 Å². The van der Waals surface area contributed by atoms with Crippen LogP contribution in [0.5, 0.6) is 0 Å². The van der Waals surface area contributed by atoms with E-state index in [0.29, 0.717) is 22.4 Å². The summed E-state index contributed by atoms with van der Waals surface area (Å²) in [5, 5.41) is 0.551. The van der Waals surface area contributed by atoms with Gasteiger partial charge in [0.25, 0.3) is 5.91 Å². The Labute approximate surface area is 118 Å². The van der Waals surface area contributed by atoms with E-state index in [2.05, 4.69) is 6.92 Å². The quantitative estimate of drug-likeness (QED) is 0.758. The molecule has 1 saturated heterocycles. The van der Waals surface area contributed by atoms with Crippen LogP contribution in [0.2, 0.25) is 5.02 Å². The number of rotatable bonds is 2. The minimum absolute atomic E-state index is 0.00120. The van der Waals surface area contributed by atoms with Crippen LogP contribution in [0.3, 0.4) is 0 Å². The van der Waals surface area contributed by atoms with Crippen molar-refractivity contribution in [3.63, 3.8) is 0 Å². The van der Waals surface area contributed by atoms with Gasteiger partial charge in [-0.15, -0.1) is 11.6 Å². The minimum Gasteiger partial charge on any atom is -0.334 e. The van der Waals surface area contributed by atoms with Gasteiger partial charge in [-0.1, -0.05) is 30.7 Å². The van der Waals surface area contributed by atoms with Crippen molar-refractivity contribution in [3.05, 3.63) is 34.3 Å². The minimum atomic E-state index is -0.00120. The molecule has 0 aromatic heterocycles. The Kier molecular flexibility index (Phi) is 4.18. The van der Waals surface area contributed by atoms with E-state index in [4.69, 9.17) is 23.2 Å². The number of carbonyl (C=O) groups excluding carboxylic acids is 1. The average Bonchev–Trinajstić information content (AvgIpc) is 2.73. The van der Waals surface area contributed by atoms with Crippen molar-refractivity contribution in [1.82, 2.24) is 4.90 Å². The zero-order valence-electron chi connectivity index (χ0n) is 10.6. The fourth-order valence-corrected chi connectivity index (χ4v) is 3.14. The number of carbonyl (C=O) groups is 1. The third-order valence-electron chi connectivity index (χ3n) is 3.72. The number of halogens is 2. The maximum atomic E-state index is 12.5. The fourth-order valence-electron chi connectivity index (χ4n) is 2.46. The second kappa shape index (κ2) is 5.50. The van der Waals surface area contributed by atoms with Crippen molar-refractivity contribution in [2.45, 2.75) is 26.3 Å². The van der Waals surface area contributed by atoms with Gasteiger partial charge in [0, 0.05) is 18.5 Å². The molecule has 0 N–H and O–H groups in total. The van der Waals surface area contributed by atoms with Gasteiger partial charge in [0.1, 0.15) is 0 Å². The molecule has 1 aromatic carbocycles. The molecule has 2 nitrogen and oxygen atoms in total. The van der Waals surface area contributed by atoms with Gasteiger partial charge in [0.15, 0.2) is 0 Å². The number of amides is 1. The molecule has 1 aliphatic rings. The maximum Gasteiger partial charge on any atom is 0.255 e. The van der Waals surface area contributed by atoms with Crippen molar-refractivity contribution in [2.24, 2.45) is 5.92 Å². The van der Waals surface area contributed by atoms with Crippen molar-refractivity contribution in [3.8, 4) is 0 Å². The van der Waals surface area contributed by atoms with Crippen LogP contribution in [-0.4, -0.2) is 29.3 Å². The highest BCUT2D eigenvalue weighted by Crippen LogP contribution is 2.29. The normalized spacial score (nSPS) is 23.4. The second-order valence-corrected chi connectivity index (χ2v) is 5.61. The number of benzene rings is 1. The Balaban J connectivity index is 2.29. The summed E-state index contributed by atoms with van der Waals surface area (Å²) >= 11 is 12.2. The number of likely N-dealkylation sites (tertiary alicyclic amines) is 1. The lowest BCUT2D eigenvalue weighted by Gasteiger charge is -2.25. The third-order valence-corrected chi connectivity index (χ3v) is 4.54. The highest BCUT2D eigenvalue weighted by atomic mass is 35.5. The van der Waals surface area contributed by atoms with Gasteiger partial charge in [0.2, 0.25) is 0 Å². The summed E-state index contributed by atoms with van der Waals surface area (Å²) in [6, 6.07) is 5.68. The lowest BCUT2D eigenvalue weighted by molar-refractivity contribution is 0.0737. The van der Waals surface area contributed by atoms with Gasteiger partial charge in [-0.25, -0.2) is 0 Å². The number of aryl methyl sites for hydroxylation is 1. The summed E-state index contributed by atoms with van der Waals surface area (Å²) in [5.41, 5.74) is 1.51. The first-order chi connectivity index (χ1) is 8.56. The third kappa shape index (κ3) is 2.36. The van der Waals surface area contributed by atoms with Crippen LogP contribution in [-0.2, 0) is 0 Å². The van der Waals surface area contributed by atoms with E-state index in [9.17, 15) is 4.79 Å². The molecule has 2 unspecified atom stereocenters. The molecule has 2 atom stereocenters. The molecule has 0 saturated carbocycles. The summed E-state index contributed by atoms with van der Waals surface area (Å²) in [4.78, 5) is 14.4. The van der Waals surface area contributed by atoms with Crippen molar-refractivity contribution in [1.29, 1.82) is 0 Å². The van der Waals surface area contributed by atoms with Crippen LogP contribution in [0.25, 0.3) is 0 Å². The molecule has 2 rings (SSSR count). The summed E-state index contributed by atoms with van der Waals surface area (Å²) < 4.78 is 0. The number of alkyl halides is 1. The molecule has 1 aromatic rings. The Morgan fingerprint density at radius 3 is 2.89 bits per heavy atom. The summed E-state index contributed by atoms with van der Waals surface area (Å²) in [5.74, 6) is 0.935. The number of hydrogen-bond donors (Lipinski definition) is 0. The molecular weight excluding hydrogens is 269 g/mol. The molecule has 0 spiro atoms. The van der Waals surface area contributed by atoms with Gasteiger partial charge in [-0.3, -0.25) is 4.79 Å². The first-order valence-corrected chi connectivity index (χ1v) is 7.09. The van der Waals surface area contributed by atoms with Gasteiger partial charge < -0.3 is 4.90 Å². The van der Waals surface area contributed by atoms with E-state index in [-0.39, 0.29) is 11.9 Å². The van der Waals surface area contributed by atoms with Gasteiger partial charge in [-0.05, 0) is 30.9 Å². The molecule has 18 heavy (non-hydrogen) atoms. The lowest BCUT2D eigenvalue weighted by atomic mass is 10.0. The molecule has 1 fully saturated rings. The van der Waals surface area contributed by atoms with E-state index in [1.165, 1.54) is 0 Å². The molecule has 0 radical (unpaired) electrons. The van der Waals surface area contributed by atoms with E-state index >= 15 is 0 Å². The van der Waals surface area contributed by atoms with Crippen molar-refractivity contribution >= 4 is 29.1 Å². The first kappa shape index (κ1) is 13.7. The van der Waals surface area contributed by atoms with Crippen LogP contribution in [0.1, 0.15) is 29.3 Å². The molecule has 4 heteroatoms. The number of nitrogens with zero attached hydrogens (tertiary/aromatic N) is 1. The zero-order chi connectivity index (χ0) is 13.3. The molecule has 98 valence electrons. The first-order valence-electron chi connectivity index (χ1n) is 6.18. The molecule has 0 bridgehead atoms. The van der Waals surface area contributed by atoms with Gasteiger partial charge in [-0.2, -0.15) is 0 Å². The Hall–Kier alpha value is -0.730.